The molecule has 0 amide bonds. The molecule has 21 heavy (non-hydrogen) atoms. The third-order valence-electron chi connectivity index (χ3n) is 3.85. The van der Waals surface area contributed by atoms with Gasteiger partial charge < -0.3 is 14.9 Å². The molecule has 1 atom stereocenters. The number of nitrogens with zero attached hydrogens (tertiary/aromatic N) is 1. The van der Waals surface area contributed by atoms with E-state index in [4.69, 9.17) is 0 Å². The zero-order valence-corrected chi connectivity index (χ0v) is 12.5. The molecule has 1 aliphatic rings. The molecule has 1 unspecified atom stereocenters. The molecule has 1 fully saturated rings. The van der Waals surface area contributed by atoms with Gasteiger partial charge in [0, 0.05) is 13.1 Å². The van der Waals surface area contributed by atoms with Crippen molar-refractivity contribution in [2.75, 3.05) is 26.7 Å². The molecule has 1 aromatic heterocycles. The molecule has 0 bridgehead atoms. The topological polar surface area (TPSA) is 98.1 Å². The maximum absolute atomic E-state index is 12.3. The lowest BCUT2D eigenvalue weighted by atomic mass is 10.1. The molecule has 0 spiro atoms. The number of sulfonamides is 1. The molecule has 1 aliphatic heterocycles. The summed E-state index contributed by atoms with van der Waals surface area (Å²) in [6, 6.07) is 4.55. The fourth-order valence-electron chi connectivity index (χ4n) is 2.68. The van der Waals surface area contributed by atoms with E-state index < -0.39 is 10.0 Å². The summed E-state index contributed by atoms with van der Waals surface area (Å²) in [4.78, 5) is 18.7. The predicted molar refractivity (Wildman–Crippen MR) is 79.7 cm³/mol. The maximum Gasteiger partial charge on any atom is 0.323 e. The van der Waals surface area contributed by atoms with E-state index >= 15 is 0 Å². The number of imidazole rings is 1. The van der Waals surface area contributed by atoms with Crippen molar-refractivity contribution in [2.45, 2.75) is 11.3 Å². The molecule has 3 rings (SSSR count). The lowest BCUT2D eigenvalue weighted by Gasteiger charge is -2.12. The van der Waals surface area contributed by atoms with Crippen molar-refractivity contribution < 1.29 is 8.42 Å². The van der Waals surface area contributed by atoms with Crippen molar-refractivity contribution in [1.82, 2.24) is 19.6 Å². The third kappa shape index (κ3) is 3.02. The lowest BCUT2D eigenvalue weighted by molar-refractivity contribution is 0.394. The van der Waals surface area contributed by atoms with Crippen LogP contribution in [0.5, 0.6) is 0 Å². The first-order valence-corrected chi connectivity index (χ1v) is 8.32. The van der Waals surface area contributed by atoms with Crippen LogP contribution in [0.4, 0.5) is 0 Å². The second kappa shape index (κ2) is 5.28. The van der Waals surface area contributed by atoms with E-state index in [0.717, 1.165) is 19.5 Å². The SMILES string of the molecule is CN1CCC(CNS(=O)(=O)c2ccc3[nH]c(=O)[nH]c3c2)C1. The maximum atomic E-state index is 12.3. The second-order valence-electron chi connectivity index (χ2n) is 5.56. The zero-order chi connectivity index (χ0) is 15.0. The minimum atomic E-state index is -3.55. The van der Waals surface area contributed by atoms with E-state index in [1.165, 1.54) is 12.1 Å². The zero-order valence-electron chi connectivity index (χ0n) is 11.7. The fraction of sp³-hybridized carbons (Fsp3) is 0.462. The number of benzene rings is 1. The highest BCUT2D eigenvalue weighted by Crippen LogP contribution is 2.17. The van der Waals surface area contributed by atoms with Gasteiger partial charge in [-0.3, -0.25) is 0 Å². The smallest absolute Gasteiger partial charge is 0.306 e. The van der Waals surface area contributed by atoms with Crippen LogP contribution in [0.15, 0.2) is 27.9 Å². The number of H-pyrrole nitrogens is 2. The Labute approximate surface area is 122 Å². The van der Waals surface area contributed by atoms with E-state index in [9.17, 15) is 13.2 Å². The fourth-order valence-corrected chi connectivity index (χ4v) is 3.82. The first-order chi connectivity index (χ1) is 9.94. The van der Waals surface area contributed by atoms with E-state index in [0.29, 0.717) is 23.5 Å². The van der Waals surface area contributed by atoms with Gasteiger partial charge >= 0.3 is 5.69 Å². The molecule has 2 heterocycles. The summed E-state index contributed by atoms with van der Waals surface area (Å²) in [5, 5.41) is 0. The van der Waals surface area contributed by atoms with Crippen LogP contribution in [0.25, 0.3) is 11.0 Å². The predicted octanol–water partition coefficient (Wildman–Crippen LogP) is 0.0862. The first kappa shape index (κ1) is 14.3. The minimum Gasteiger partial charge on any atom is -0.306 e. The molecular weight excluding hydrogens is 292 g/mol. The Morgan fingerprint density at radius 3 is 2.81 bits per heavy atom. The second-order valence-corrected chi connectivity index (χ2v) is 7.32. The number of aromatic amines is 2. The summed E-state index contributed by atoms with van der Waals surface area (Å²) >= 11 is 0. The molecule has 1 aromatic carbocycles. The molecule has 114 valence electrons. The molecular formula is C13H18N4O3S. The summed E-state index contributed by atoms with van der Waals surface area (Å²) < 4.78 is 27.2. The van der Waals surface area contributed by atoms with Gasteiger partial charge in [0.15, 0.2) is 0 Å². The summed E-state index contributed by atoms with van der Waals surface area (Å²) in [7, 11) is -1.52. The van der Waals surface area contributed by atoms with Crippen LogP contribution in [0, 0.1) is 5.92 Å². The van der Waals surface area contributed by atoms with Crippen LogP contribution in [-0.2, 0) is 10.0 Å². The van der Waals surface area contributed by atoms with Crippen molar-refractivity contribution in [3.63, 3.8) is 0 Å². The lowest BCUT2D eigenvalue weighted by Crippen LogP contribution is -2.30. The number of aromatic nitrogens is 2. The van der Waals surface area contributed by atoms with Crippen molar-refractivity contribution in [2.24, 2.45) is 5.92 Å². The highest BCUT2D eigenvalue weighted by Gasteiger charge is 2.22. The molecule has 8 heteroatoms. The molecule has 0 radical (unpaired) electrons. The Morgan fingerprint density at radius 2 is 2.10 bits per heavy atom. The first-order valence-electron chi connectivity index (χ1n) is 6.84. The van der Waals surface area contributed by atoms with Crippen LogP contribution in [0.2, 0.25) is 0 Å². The largest absolute Gasteiger partial charge is 0.323 e. The van der Waals surface area contributed by atoms with Gasteiger partial charge in [0.05, 0.1) is 15.9 Å². The van der Waals surface area contributed by atoms with E-state index in [1.54, 1.807) is 6.07 Å². The van der Waals surface area contributed by atoms with E-state index in [-0.39, 0.29) is 10.6 Å². The number of likely N-dealkylation sites (tertiary alicyclic amines) is 1. The molecule has 0 aliphatic carbocycles. The average molecular weight is 310 g/mol. The number of fused-ring (bicyclic) bond motifs is 1. The standard InChI is InChI=1S/C13H18N4O3S/c1-17-5-4-9(8-17)7-14-21(19,20)10-2-3-11-12(6-10)16-13(18)15-11/h2-3,6,9,14H,4-5,7-8H2,1H3,(H2,15,16,18). The van der Waals surface area contributed by atoms with Gasteiger partial charge in [-0.25, -0.2) is 17.9 Å². The number of hydrogen-bond donors (Lipinski definition) is 3. The summed E-state index contributed by atoms with van der Waals surface area (Å²) in [5.41, 5.74) is 0.737. The Balaban J connectivity index is 1.77. The van der Waals surface area contributed by atoms with Gasteiger partial charge in [-0.05, 0) is 44.1 Å². The van der Waals surface area contributed by atoms with Crippen LogP contribution in [-0.4, -0.2) is 50.0 Å². The van der Waals surface area contributed by atoms with Crippen molar-refractivity contribution in [3.8, 4) is 0 Å². The molecule has 7 nitrogen and oxygen atoms in total. The van der Waals surface area contributed by atoms with E-state index in [2.05, 4.69) is 19.6 Å². The summed E-state index contributed by atoms with van der Waals surface area (Å²) in [5.74, 6) is 0.348. The van der Waals surface area contributed by atoms with Gasteiger partial charge in [0.25, 0.3) is 0 Å². The van der Waals surface area contributed by atoms with Gasteiger partial charge in [0.2, 0.25) is 10.0 Å². The van der Waals surface area contributed by atoms with Gasteiger partial charge in [-0.1, -0.05) is 0 Å². The average Bonchev–Trinajstić information content (AvgIpc) is 3.00. The highest BCUT2D eigenvalue weighted by atomic mass is 32.2. The molecule has 3 N–H and O–H groups in total. The van der Waals surface area contributed by atoms with Crippen molar-refractivity contribution in [1.29, 1.82) is 0 Å². The van der Waals surface area contributed by atoms with Crippen molar-refractivity contribution in [3.05, 3.63) is 28.7 Å². The quantitative estimate of drug-likeness (QED) is 0.745. The Kier molecular flexibility index (Phi) is 3.60. The highest BCUT2D eigenvalue weighted by molar-refractivity contribution is 7.89. The summed E-state index contributed by atoms with van der Waals surface area (Å²) in [6.45, 7) is 2.35. The molecule has 1 saturated heterocycles. The van der Waals surface area contributed by atoms with Crippen LogP contribution < -0.4 is 10.4 Å². The number of nitrogens with one attached hydrogen (secondary N) is 3. The third-order valence-corrected chi connectivity index (χ3v) is 5.27. The monoisotopic (exact) mass is 310 g/mol. The Hall–Kier alpha value is -1.64. The number of hydrogen-bond acceptors (Lipinski definition) is 4. The van der Waals surface area contributed by atoms with Gasteiger partial charge in [-0.15, -0.1) is 0 Å². The van der Waals surface area contributed by atoms with Crippen LogP contribution >= 0.6 is 0 Å². The van der Waals surface area contributed by atoms with Crippen LogP contribution in [0.3, 0.4) is 0 Å². The minimum absolute atomic E-state index is 0.164. The van der Waals surface area contributed by atoms with Crippen LogP contribution in [0.1, 0.15) is 6.42 Å². The normalized spacial score (nSPS) is 20.3. The van der Waals surface area contributed by atoms with Gasteiger partial charge in [-0.2, -0.15) is 0 Å². The molecule has 2 aromatic rings. The summed E-state index contributed by atoms with van der Waals surface area (Å²) in [6.07, 6.45) is 1.00. The number of rotatable bonds is 4. The van der Waals surface area contributed by atoms with E-state index in [1.807, 2.05) is 7.05 Å². The Morgan fingerprint density at radius 1 is 1.33 bits per heavy atom. The van der Waals surface area contributed by atoms with Gasteiger partial charge in [0.1, 0.15) is 0 Å². The molecule has 0 saturated carbocycles. The Bertz CT molecular complexity index is 808. The van der Waals surface area contributed by atoms with Crippen molar-refractivity contribution >= 4 is 21.1 Å².